The summed E-state index contributed by atoms with van der Waals surface area (Å²) in [6, 6.07) is -2.11. The van der Waals surface area contributed by atoms with Gasteiger partial charge in [0.1, 0.15) is 12.1 Å². The van der Waals surface area contributed by atoms with E-state index in [9.17, 15) is 24.3 Å². The van der Waals surface area contributed by atoms with Crippen molar-refractivity contribution >= 4 is 23.7 Å². The van der Waals surface area contributed by atoms with Gasteiger partial charge in [0.25, 0.3) is 0 Å². The maximum absolute atomic E-state index is 12.3. The molecule has 3 amide bonds. The Balaban J connectivity index is 2.12. The van der Waals surface area contributed by atoms with Crippen molar-refractivity contribution in [2.24, 2.45) is 0 Å². The normalized spacial score (nSPS) is 12.5. The first-order chi connectivity index (χ1) is 16.8. The Kier molecular flexibility index (Phi) is 15.9. The van der Waals surface area contributed by atoms with Crippen LogP contribution in [0.15, 0.2) is 12.5 Å². The van der Waals surface area contributed by atoms with E-state index in [1.54, 1.807) is 0 Å². The molecule has 0 unspecified atom stereocenters. The molecule has 5 N–H and O–H groups in total. The zero-order valence-electron chi connectivity index (χ0n) is 21.2. The molecule has 0 aliphatic rings. The molecule has 0 saturated heterocycles. The first-order valence-corrected chi connectivity index (χ1v) is 12.9. The number of hydrogen-bond donors (Lipinski definition) is 5. The van der Waals surface area contributed by atoms with Gasteiger partial charge >= 0.3 is 5.97 Å². The Bertz CT molecular complexity index is 753. The van der Waals surface area contributed by atoms with Gasteiger partial charge in [-0.1, -0.05) is 71.1 Å². The van der Waals surface area contributed by atoms with Gasteiger partial charge in [-0.3, -0.25) is 14.4 Å². The second-order valence-corrected chi connectivity index (χ2v) is 9.03. The van der Waals surface area contributed by atoms with E-state index in [0.717, 1.165) is 19.3 Å². The summed E-state index contributed by atoms with van der Waals surface area (Å²) in [4.78, 5) is 54.3. The van der Waals surface area contributed by atoms with Crippen LogP contribution in [0.3, 0.4) is 0 Å². The average Bonchev–Trinajstić information content (AvgIpc) is 3.33. The number of unbranched alkanes of at least 4 members (excludes halogenated alkanes) is 10. The number of aromatic amines is 1. The fourth-order valence-electron chi connectivity index (χ4n) is 3.69. The number of carbonyl (C=O) groups excluding carboxylic acids is 3. The second kappa shape index (κ2) is 18.4. The number of aliphatic carboxylic acids is 1. The first-order valence-electron chi connectivity index (χ1n) is 12.9. The lowest BCUT2D eigenvalue weighted by Crippen LogP contribution is -2.52. The monoisotopic (exact) mass is 493 g/mol. The largest absolute Gasteiger partial charge is 0.480 e. The molecule has 1 aromatic rings. The third-order valence-corrected chi connectivity index (χ3v) is 5.82. The van der Waals surface area contributed by atoms with Crippen molar-refractivity contribution in [3.05, 3.63) is 18.2 Å². The molecule has 1 rings (SSSR count). The third kappa shape index (κ3) is 14.9. The minimum atomic E-state index is -1.19. The highest BCUT2D eigenvalue weighted by atomic mass is 16.4. The molecule has 35 heavy (non-hydrogen) atoms. The van der Waals surface area contributed by atoms with E-state index in [1.165, 1.54) is 70.8 Å². The Hall–Kier alpha value is -2.91. The van der Waals surface area contributed by atoms with Crippen LogP contribution >= 0.6 is 0 Å². The Morgan fingerprint density at radius 3 is 2.06 bits per heavy atom. The SMILES string of the molecule is CCCCCCCCCCCCCC(=O)NCC(=O)N[C@@H](C)C(=O)N[C@@H](Cc1cnc[nH]1)C(=O)O. The average molecular weight is 494 g/mol. The summed E-state index contributed by atoms with van der Waals surface area (Å²) in [6.45, 7) is 3.45. The van der Waals surface area contributed by atoms with Gasteiger partial charge in [-0.25, -0.2) is 9.78 Å². The standard InChI is InChI=1S/C25H43N5O5/c1-3-4-5-6-7-8-9-10-11-12-13-14-22(31)27-17-23(32)29-19(2)24(33)30-21(25(34)35)15-20-16-26-18-28-20/h16,18-19,21H,3-15,17H2,1-2H3,(H,26,28)(H,27,31)(H,29,32)(H,30,33)(H,34,35)/t19-,21-/m0/s1. The van der Waals surface area contributed by atoms with Crippen LogP contribution in [-0.2, 0) is 25.6 Å². The highest BCUT2D eigenvalue weighted by Gasteiger charge is 2.24. The number of aromatic nitrogens is 2. The van der Waals surface area contributed by atoms with Crippen molar-refractivity contribution < 1.29 is 24.3 Å². The number of H-pyrrole nitrogens is 1. The van der Waals surface area contributed by atoms with Crippen LogP contribution in [0.5, 0.6) is 0 Å². The summed E-state index contributed by atoms with van der Waals surface area (Å²) in [5.41, 5.74) is 0.565. The molecule has 0 aliphatic heterocycles. The quantitative estimate of drug-likeness (QED) is 0.176. The molecular weight excluding hydrogens is 450 g/mol. The molecular formula is C25H43N5O5. The van der Waals surface area contributed by atoms with Crippen LogP contribution in [0.4, 0.5) is 0 Å². The van der Waals surface area contributed by atoms with Gasteiger partial charge in [-0.2, -0.15) is 0 Å². The highest BCUT2D eigenvalue weighted by molar-refractivity contribution is 5.91. The van der Waals surface area contributed by atoms with Gasteiger partial charge in [0.15, 0.2) is 0 Å². The number of rotatable bonds is 20. The molecule has 0 fully saturated rings. The summed E-state index contributed by atoms with van der Waals surface area (Å²) >= 11 is 0. The molecule has 10 nitrogen and oxygen atoms in total. The van der Waals surface area contributed by atoms with E-state index in [-0.39, 0.29) is 18.9 Å². The summed E-state index contributed by atoms with van der Waals surface area (Å²) in [6.07, 6.45) is 16.5. The lowest BCUT2D eigenvalue weighted by atomic mass is 10.1. The molecule has 0 spiro atoms. The van der Waals surface area contributed by atoms with Crippen molar-refractivity contribution in [3.63, 3.8) is 0 Å². The van der Waals surface area contributed by atoms with Gasteiger partial charge < -0.3 is 26.0 Å². The Labute approximate surface area is 208 Å². The van der Waals surface area contributed by atoms with Crippen molar-refractivity contribution in [2.45, 2.75) is 109 Å². The van der Waals surface area contributed by atoms with E-state index in [1.807, 2.05) is 0 Å². The number of amides is 3. The Morgan fingerprint density at radius 2 is 1.51 bits per heavy atom. The Morgan fingerprint density at radius 1 is 0.914 bits per heavy atom. The zero-order chi connectivity index (χ0) is 25.9. The van der Waals surface area contributed by atoms with E-state index in [2.05, 4.69) is 32.8 Å². The molecule has 1 heterocycles. The van der Waals surface area contributed by atoms with Crippen molar-refractivity contribution in [2.75, 3.05) is 6.54 Å². The maximum Gasteiger partial charge on any atom is 0.326 e. The van der Waals surface area contributed by atoms with Crippen LogP contribution < -0.4 is 16.0 Å². The molecule has 2 atom stereocenters. The molecule has 0 bridgehead atoms. The van der Waals surface area contributed by atoms with Gasteiger partial charge in [0, 0.05) is 24.7 Å². The van der Waals surface area contributed by atoms with Crippen molar-refractivity contribution in [3.8, 4) is 0 Å². The number of imidazole rings is 1. The molecule has 10 heteroatoms. The number of carboxylic acid groups (broad SMARTS) is 1. The predicted octanol–water partition coefficient (Wildman–Crippen LogP) is 2.84. The minimum Gasteiger partial charge on any atom is -0.480 e. The van der Waals surface area contributed by atoms with E-state index < -0.39 is 29.9 Å². The van der Waals surface area contributed by atoms with E-state index >= 15 is 0 Å². The number of carboxylic acids is 1. The van der Waals surface area contributed by atoms with Crippen molar-refractivity contribution in [1.29, 1.82) is 0 Å². The van der Waals surface area contributed by atoms with E-state index in [0.29, 0.717) is 12.1 Å². The van der Waals surface area contributed by atoms with Crippen LogP contribution in [0, 0.1) is 0 Å². The summed E-state index contributed by atoms with van der Waals surface area (Å²) < 4.78 is 0. The molecule has 0 saturated carbocycles. The molecule has 0 aliphatic carbocycles. The minimum absolute atomic E-state index is 0.0385. The van der Waals surface area contributed by atoms with Gasteiger partial charge in [-0.15, -0.1) is 0 Å². The van der Waals surface area contributed by atoms with Gasteiger partial charge in [0.2, 0.25) is 17.7 Å². The maximum atomic E-state index is 12.3. The first kappa shape index (κ1) is 30.1. The smallest absolute Gasteiger partial charge is 0.326 e. The van der Waals surface area contributed by atoms with Crippen LogP contribution in [-0.4, -0.2) is 57.4 Å². The fourth-order valence-corrected chi connectivity index (χ4v) is 3.69. The van der Waals surface area contributed by atoms with Gasteiger partial charge in [0.05, 0.1) is 12.9 Å². The number of nitrogens with one attached hydrogen (secondary N) is 4. The second-order valence-electron chi connectivity index (χ2n) is 9.03. The molecule has 0 radical (unpaired) electrons. The lowest BCUT2D eigenvalue weighted by molar-refractivity contribution is -0.142. The topological polar surface area (TPSA) is 153 Å². The van der Waals surface area contributed by atoms with Gasteiger partial charge in [-0.05, 0) is 13.3 Å². The van der Waals surface area contributed by atoms with Crippen LogP contribution in [0.1, 0.15) is 96.6 Å². The molecule has 0 aromatic carbocycles. The predicted molar refractivity (Wildman–Crippen MR) is 134 cm³/mol. The fraction of sp³-hybridized carbons (Fsp3) is 0.720. The number of hydrogen-bond acceptors (Lipinski definition) is 5. The summed E-state index contributed by atoms with van der Waals surface area (Å²) in [7, 11) is 0. The molecule has 198 valence electrons. The highest BCUT2D eigenvalue weighted by Crippen LogP contribution is 2.11. The van der Waals surface area contributed by atoms with E-state index in [4.69, 9.17) is 0 Å². The number of carbonyl (C=O) groups is 4. The summed E-state index contributed by atoms with van der Waals surface area (Å²) in [5.74, 6) is -2.53. The van der Waals surface area contributed by atoms with Crippen LogP contribution in [0.25, 0.3) is 0 Å². The number of nitrogens with zero attached hydrogens (tertiary/aromatic N) is 1. The summed E-state index contributed by atoms with van der Waals surface area (Å²) in [5, 5.41) is 16.8. The van der Waals surface area contributed by atoms with Crippen molar-refractivity contribution in [1.82, 2.24) is 25.9 Å². The zero-order valence-corrected chi connectivity index (χ0v) is 21.2. The van der Waals surface area contributed by atoms with Crippen LogP contribution in [0.2, 0.25) is 0 Å². The third-order valence-electron chi connectivity index (χ3n) is 5.82. The lowest BCUT2D eigenvalue weighted by Gasteiger charge is -2.18. The molecule has 1 aromatic heterocycles.